The van der Waals surface area contributed by atoms with E-state index in [1.807, 2.05) is 37.3 Å². The van der Waals surface area contributed by atoms with Crippen LogP contribution in [-0.4, -0.2) is 12.7 Å². The van der Waals surface area contributed by atoms with Crippen LogP contribution < -0.4 is 0 Å². The fourth-order valence-electron chi connectivity index (χ4n) is 2.65. The zero-order valence-electron chi connectivity index (χ0n) is 15.5. The SMILES string of the molecule is Cc1ccc(S(=O)(=O)N(/C=C(/Cl)c2ccc(Cl)c(Cl)c2)Cc2ccccc2)cc1. The molecule has 3 aromatic carbocycles. The minimum Gasteiger partial charge on any atom is -0.267 e. The van der Waals surface area contributed by atoms with Gasteiger partial charge in [0.2, 0.25) is 0 Å². The van der Waals surface area contributed by atoms with Crippen molar-refractivity contribution in [1.82, 2.24) is 4.31 Å². The molecular formula is C22H18Cl3NO2S. The van der Waals surface area contributed by atoms with Gasteiger partial charge in [-0.25, -0.2) is 8.42 Å². The monoisotopic (exact) mass is 465 g/mol. The van der Waals surface area contributed by atoms with Gasteiger partial charge in [-0.2, -0.15) is 0 Å². The molecule has 0 saturated carbocycles. The molecule has 3 rings (SSSR count). The fraction of sp³-hybridized carbons (Fsp3) is 0.0909. The Hall–Kier alpha value is -1.98. The molecule has 0 amide bonds. The maximum Gasteiger partial charge on any atom is 0.264 e. The lowest BCUT2D eigenvalue weighted by molar-refractivity contribution is 0.496. The Labute approximate surface area is 186 Å². The van der Waals surface area contributed by atoms with Gasteiger partial charge in [0.25, 0.3) is 10.0 Å². The first-order valence-electron chi connectivity index (χ1n) is 8.72. The van der Waals surface area contributed by atoms with E-state index in [-0.39, 0.29) is 16.5 Å². The Morgan fingerprint density at radius 3 is 2.21 bits per heavy atom. The van der Waals surface area contributed by atoms with E-state index < -0.39 is 10.0 Å². The fourth-order valence-corrected chi connectivity index (χ4v) is 4.56. The van der Waals surface area contributed by atoms with E-state index in [0.29, 0.717) is 15.6 Å². The largest absolute Gasteiger partial charge is 0.267 e. The summed E-state index contributed by atoms with van der Waals surface area (Å²) in [4.78, 5) is 0.189. The number of benzene rings is 3. The smallest absolute Gasteiger partial charge is 0.264 e. The molecule has 0 radical (unpaired) electrons. The van der Waals surface area contributed by atoms with Gasteiger partial charge < -0.3 is 0 Å². The minimum absolute atomic E-state index is 0.134. The molecular weight excluding hydrogens is 449 g/mol. The van der Waals surface area contributed by atoms with Crippen LogP contribution in [0.1, 0.15) is 16.7 Å². The van der Waals surface area contributed by atoms with Gasteiger partial charge in [-0.1, -0.05) is 88.9 Å². The van der Waals surface area contributed by atoms with Crippen LogP contribution in [0, 0.1) is 6.92 Å². The maximum absolute atomic E-state index is 13.3. The molecule has 0 heterocycles. The summed E-state index contributed by atoms with van der Waals surface area (Å²) in [5, 5.41) is 0.968. The molecule has 0 unspecified atom stereocenters. The lowest BCUT2D eigenvalue weighted by Gasteiger charge is -2.22. The summed E-state index contributed by atoms with van der Waals surface area (Å²) in [5.74, 6) is 0. The third kappa shape index (κ3) is 5.34. The van der Waals surface area contributed by atoms with E-state index in [4.69, 9.17) is 34.8 Å². The standard InChI is InChI=1S/C22H18Cl3NO2S/c1-16-7-10-19(11-8-16)29(27,28)26(14-17-5-3-2-4-6-17)15-22(25)18-9-12-20(23)21(24)13-18/h2-13,15H,14H2,1H3/b22-15+. The van der Waals surface area contributed by atoms with Crippen molar-refractivity contribution in [2.24, 2.45) is 0 Å². The molecule has 0 aromatic heterocycles. The van der Waals surface area contributed by atoms with Crippen molar-refractivity contribution in [2.45, 2.75) is 18.4 Å². The summed E-state index contributed by atoms with van der Waals surface area (Å²) in [5.41, 5.74) is 2.37. The van der Waals surface area contributed by atoms with Crippen LogP contribution in [-0.2, 0) is 16.6 Å². The van der Waals surface area contributed by atoms with E-state index in [0.717, 1.165) is 11.1 Å². The molecule has 0 fully saturated rings. The van der Waals surface area contributed by atoms with Gasteiger partial charge in [-0.05, 0) is 42.3 Å². The number of aryl methyl sites for hydroxylation is 1. The Kier molecular flexibility index (Phi) is 6.91. The molecule has 0 spiro atoms. The number of rotatable bonds is 6. The highest BCUT2D eigenvalue weighted by molar-refractivity contribution is 7.89. The Morgan fingerprint density at radius 2 is 1.59 bits per heavy atom. The molecule has 0 aliphatic rings. The lowest BCUT2D eigenvalue weighted by atomic mass is 10.2. The Morgan fingerprint density at radius 1 is 0.931 bits per heavy atom. The number of nitrogens with zero attached hydrogens (tertiary/aromatic N) is 1. The van der Waals surface area contributed by atoms with Crippen molar-refractivity contribution in [3.05, 3.63) is 106 Å². The van der Waals surface area contributed by atoms with Crippen molar-refractivity contribution in [2.75, 3.05) is 0 Å². The van der Waals surface area contributed by atoms with E-state index in [1.54, 1.807) is 42.5 Å². The van der Waals surface area contributed by atoms with Gasteiger partial charge in [0, 0.05) is 6.20 Å². The summed E-state index contributed by atoms with van der Waals surface area (Å²) in [6.07, 6.45) is 1.41. The zero-order chi connectivity index (χ0) is 21.0. The molecule has 0 bridgehead atoms. The summed E-state index contributed by atoms with van der Waals surface area (Å²) in [7, 11) is -3.82. The molecule has 0 saturated heterocycles. The summed E-state index contributed by atoms with van der Waals surface area (Å²) >= 11 is 18.5. The highest BCUT2D eigenvalue weighted by atomic mass is 35.5. The minimum atomic E-state index is -3.82. The van der Waals surface area contributed by atoms with Gasteiger partial charge >= 0.3 is 0 Å². The van der Waals surface area contributed by atoms with Gasteiger partial charge in [0.15, 0.2) is 0 Å². The molecule has 0 aliphatic heterocycles. The normalized spacial score (nSPS) is 12.1. The Balaban J connectivity index is 2.04. The molecule has 0 N–H and O–H groups in total. The molecule has 0 atom stereocenters. The number of hydrogen-bond donors (Lipinski definition) is 0. The highest BCUT2D eigenvalue weighted by Crippen LogP contribution is 2.30. The molecule has 150 valence electrons. The first-order chi connectivity index (χ1) is 13.8. The molecule has 29 heavy (non-hydrogen) atoms. The summed E-state index contributed by atoms with van der Waals surface area (Å²) < 4.78 is 27.9. The maximum atomic E-state index is 13.3. The quantitative estimate of drug-likeness (QED) is 0.404. The molecule has 3 aromatic rings. The topological polar surface area (TPSA) is 37.4 Å². The van der Waals surface area contributed by atoms with E-state index >= 15 is 0 Å². The predicted molar refractivity (Wildman–Crippen MR) is 121 cm³/mol. The highest BCUT2D eigenvalue weighted by Gasteiger charge is 2.23. The van der Waals surface area contributed by atoms with Gasteiger partial charge in [0.05, 0.1) is 26.5 Å². The lowest BCUT2D eigenvalue weighted by Crippen LogP contribution is -2.26. The van der Waals surface area contributed by atoms with Crippen molar-refractivity contribution < 1.29 is 8.42 Å². The van der Waals surface area contributed by atoms with Crippen molar-refractivity contribution in [1.29, 1.82) is 0 Å². The van der Waals surface area contributed by atoms with Crippen LogP contribution in [0.25, 0.3) is 5.03 Å². The summed E-state index contributed by atoms with van der Waals surface area (Å²) in [6, 6.07) is 20.9. The second-order valence-electron chi connectivity index (χ2n) is 6.45. The van der Waals surface area contributed by atoms with Crippen molar-refractivity contribution >= 4 is 49.9 Å². The van der Waals surface area contributed by atoms with Crippen LogP contribution in [0.15, 0.2) is 83.9 Å². The predicted octanol–water partition coefficient (Wildman–Crippen LogP) is 6.73. The van der Waals surface area contributed by atoms with Crippen LogP contribution >= 0.6 is 34.8 Å². The number of sulfonamides is 1. The third-order valence-electron chi connectivity index (χ3n) is 4.26. The van der Waals surface area contributed by atoms with Gasteiger partial charge in [-0.3, -0.25) is 4.31 Å². The first-order valence-corrected chi connectivity index (χ1v) is 11.3. The van der Waals surface area contributed by atoms with Gasteiger partial charge in [-0.15, -0.1) is 0 Å². The summed E-state index contributed by atoms with van der Waals surface area (Å²) in [6.45, 7) is 2.04. The molecule has 7 heteroatoms. The zero-order valence-corrected chi connectivity index (χ0v) is 18.6. The first kappa shape index (κ1) is 21.7. The Bertz CT molecular complexity index is 1130. The van der Waals surface area contributed by atoms with Crippen LogP contribution in [0.4, 0.5) is 0 Å². The van der Waals surface area contributed by atoms with E-state index in [2.05, 4.69) is 0 Å². The van der Waals surface area contributed by atoms with E-state index in [9.17, 15) is 8.42 Å². The second-order valence-corrected chi connectivity index (χ2v) is 9.57. The van der Waals surface area contributed by atoms with Crippen LogP contribution in [0.2, 0.25) is 10.0 Å². The van der Waals surface area contributed by atoms with Crippen LogP contribution in [0.5, 0.6) is 0 Å². The third-order valence-corrected chi connectivity index (χ3v) is 7.04. The molecule has 0 aliphatic carbocycles. The van der Waals surface area contributed by atoms with Crippen molar-refractivity contribution in [3.8, 4) is 0 Å². The average Bonchev–Trinajstić information content (AvgIpc) is 2.70. The molecule has 3 nitrogen and oxygen atoms in total. The average molecular weight is 467 g/mol. The number of halogens is 3. The van der Waals surface area contributed by atoms with E-state index in [1.165, 1.54) is 10.5 Å². The second kappa shape index (κ2) is 9.23. The van der Waals surface area contributed by atoms with Gasteiger partial charge in [0.1, 0.15) is 0 Å². The van der Waals surface area contributed by atoms with Crippen LogP contribution in [0.3, 0.4) is 0 Å². The van der Waals surface area contributed by atoms with Crippen molar-refractivity contribution in [3.63, 3.8) is 0 Å². The number of hydrogen-bond acceptors (Lipinski definition) is 2.